The number of hydrogen-bond acceptors (Lipinski definition) is 5. The van der Waals surface area contributed by atoms with E-state index in [0.717, 1.165) is 15.1 Å². The van der Waals surface area contributed by atoms with Crippen molar-refractivity contribution in [1.29, 1.82) is 0 Å². The van der Waals surface area contributed by atoms with Gasteiger partial charge in [0.15, 0.2) is 0 Å². The summed E-state index contributed by atoms with van der Waals surface area (Å²) in [6.07, 6.45) is 1.55. The molecule has 20 heavy (non-hydrogen) atoms. The number of benzene rings is 1. The van der Waals surface area contributed by atoms with Crippen LogP contribution in [0.2, 0.25) is 0 Å². The predicted octanol–water partition coefficient (Wildman–Crippen LogP) is 2.21. The van der Waals surface area contributed by atoms with Crippen LogP contribution < -0.4 is 10.5 Å². The van der Waals surface area contributed by atoms with Gasteiger partial charge in [-0.25, -0.2) is 4.39 Å². The summed E-state index contributed by atoms with van der Waals surface area (Å²) in [6.45, 7) is 0.560. The van der Waals surface area contributed by atoms with Crippen molar-refractivity contribution >= 4 is 21.4 Å². The van der Waals surface area contributed by atoms with Crippen molar-refractivity contribution in [2.24, 2.45) is 12.8 Å². The van der Waals surface area contributed by atoms with E-state index in [4.69, 9.17) is 10.5 Å². The van der Waals surface area contributed by atoms with Crippen LogP contribution in [0.1, 0.15) is 10.4 Å². The van der Waals surface area contributed by atoms with Crippen molar-refractivity contribution in [3.63, 3.8) is 0 Å². The molecule has 0 spiro atoms. The molecule has 0 atom stereocenters. The van der Waals surface area contributed by atoms with Gasteiger partial charge >= 0.3 is 6.01 Å². The molecule has 0 aliphatic heterocycles. The molecule has 1 aromatic carbocycles. The molecule has 5 nitrogen and oxygen atoms in total. The molecular weight excluding hydrogens is 279 g/mol. The van der Waals surface area contributed by atoms with Crippen molar-refractivity contribution in [1.82, 2.24) is 14.8 Å². The minimum absolute atomic E-state index is 0.206. The Balaban J connectivity index is 1.97. The first kappa shape index (κ1) is 13.0. The van der Waals surface area contributed by atoms with Crippen molar-refractivity contribution in [3.8, 4) is 6.01 Å². The van der Waals surface area contributed by atoms with Crippen LogP contribution in [0.25, 0.3) is 10.1 Å². The number of rotatable bonds is 4. The number of fused-ring (bicyclic) bond motifs is 1. The van der Waals surface area contributed by atoms with Gasteiger partial charge in [0.05, 0.1) is 0 Å². The molecule has 2 heterocycles. The molecule has 3 aromatic rings. The molecule has 0 saturated carbocycles. The van der Waals surface area contributed by atoms with Gasteiger partial charge in [0.25, 0.3) is 0 Å². The highest BCUT2D eigenvalue weighted by Crippen LogP contribution is 2.33. The van der Waals surface area contributed by atoms with E-state index in [1.54, 1.807) is 24.1 Å². The summed E-state index contributed by atoms with van der Waals surface area (Å²) < 4.78 is 21.9. The summed E-state index contributed by atoms with van der Waals surface area (Å²) in [7, 11) is 1.75. The lowest BCUT2D eigenvalue weighted by atomic mass is 10.1. The van der Waals surface area contributed by atoms with Crippen LogP contribution in [0.5, 0.6) is 6.01 Å². The summed E-state index contributed by atoms with van der Waals surface area (Å²) in [5.41, 5.74) is 6.51. The average molecular weight is 292 g/mol. The Morgan fingerprint density at radius 3 is 3.00 bits per heavy atom. The second-order valence-electron chi connectivity index (χ2n) is 4.31. The van der Waals surface area contributed by atoms with Gasteiger partial charge in [-0.3, -0.25) is 4.68 Å². The summed E-state index contributed by atoms with van der Waals surface area (Å²) >= 11 is 1.49. The lowest BCUT2D eigenvalue weighted by molar-refractivity contribution is 0.280. The zero-order valence-corrected chi connectivity index (χ0v) is 11.7. The molecule has 7 heteroatoms. The molecule has 0 bridgehead atoms. The maximum absolute atomic E-state index is 14.0. The van der Waals surface area contributed by atoms with Crippen LogP contribution in [-0.4, -0.2) is 14.8 Å². The Labute approximate surface area is 118 Å². The maximum Gasteiger partial charge on any atom is 0.335 e. The quantitative estimate of drug-likeness (QED) is 0.800. The molecule has 0 radical (unpaired) electrons. The SMILES string of the molecule is Cn1cnc(OCc2c(CN)sc3cccc(F)c23)n1. The minimum Gasteiger partial charge on any atom is -0.457 e. The van der Waals surface area contributed by atoms with Crippen LogP contribution in [0.3, 0.4) is 0 Å². The standard InChI is InChI=1S/C13H13FN4OS/c1-18-7-16-13(17-18)19-6-8-11(5-15)20-10-4-2-3-9(14)12(8)10/h2-4,7H,5-6,15H2,1H3. The van der Waals surface area contributed by atoms with Crippen molar-refractivity contribution < 1.29 is 9.13 Å². The second kappa shape index (κ2) is 5.18. The number of hydrogen-bond donors (Lipinski definition) is 1. The first-order valence-corrected chi connectivity index (χ1v) is 6.88. The zero-order chi connectivity index (χ0) is 14.1. The zero-order valence-electron chi connectivity index (χ0n) is 10.8. The maximum atomic E-state index is 14.0. The molecule has 2 N–H and O–H groups in total. The Hall–Kier alpha value is -1.99. The summed E-state index contributed by atoms with van der Waals surface area (Å²) in [5.74, 6) is -0.258. The highest BCUT2D eigenvalue weighted by atomic mass is 32.1. The fourth-order valence-electron chi connectivity index (χ4n) is 2.06. The van der Waals surface area contributed by atoms with Gasteiger partial charge in [-0.2, -0.15) is 4.98 Å². The molecule has 0 unspecified atom stereocenters. The summed E-state index contributed by atoms with van der Waals surface area (Å²) in [5, 5.41) is 4.61. The monoisotopic (exact) mass is 292 g/mol. The van der Waals surface area contributed by atoms with Gasteiger partial charge in [-0.1, -0.05) is 6.07 Å². The Bertz CT molecular complexity index is 752. The summed E-state index contributed by atoms with van der Waals surface area (Å²) in [6, 6.07) is 5.29. The van der Waals surface area contributed by atoms with E-state index >= 15 is 0 Å². The molecule has 0 aliphatic rings. The number of halogens is 1. The van der Waals surface area contributed by atoms with Gasteiger partial charge in [-0.05, 0) is 12.1 Å². The van der Waals surface area contributed by atoms with E-state index in [0.29, 0.717) is 11.9 Å². The third kappa shape index (κ3) is 2.25. The van der Waals surface area contributed by atoms with Gasteiger partial charge in [0, 0.05) is 34.1 Å². The van der Waals surface area contributed by atoms with Gasteiger partial charge in [-0.15, -0.1) is 16.4 Å². The third-order valence-corrected chi connectivity index (χ3v) is 4.18. The van der Waals surface area contributed by atoms with E-state index in [9.17, 15) is 4.39 Å². The molecule has 0 amide bonds. The van der Waals surface area contributed by atoms with E-state index in [2.05, 4.69) is 10.1 Å². The highest BCUT2D eigenvalue weighted by molar-refractivity contribution is 7.19. The fraction of sp³-hybridized carbons (Fsp3) is 0.231. The smallest absolute Gasteiger partial charge is 0.335 e. The van der Waals surface area contributed by atoms with Crippen LogP contribution in [0.15, 0.2) is 24.5 Å². The Morgan fingerprint density at radius 1 is 1.45 bits per heavy atom. The second-order valence-corrected chi connectivity index (χ2v) is 5.45. The average Bonchev–Trinajstić information content (AvgIpc) is 3.00. The molecule has 0 saturated heterocycles. The van der Waals surface area contributed by atoms with Gasteiger partial charge < -0.3 is 10.5 Å². The topological polar surface area (TPSA) is 66.0 Å². The Kier molecular flexibility index (Phi) is 3.37. The van der Waals surface area contributed by atoms with Crippen LogP contribution in [0, 0.1) is 5.82 Å². The predicted molar refractivity (Wildman–Crippen MR) is 75.0 cm³/mol. The molecular formula is C13H13FN4OS. The van der Waals surface area contributed by atoms with E-state index < -0.39 is 0 Å². The van der Waals surface area contributed by atoms with E-state index in [1.165, 1.54) is 17.4 Å². The normalized spacial score (nSPS) is 11.2. The highest BCUT2D eigenvalue weighted by Gasteiger charge is 2.15. The number of aryl methyl sites for hydroxylation is 1. The molecule has 3 rings (SSSR count). The lowest BCUT2D eigenvalue weighted by Gasteiger charge is -2.04. The van der Waals surface area contributed by atoms with Crippen molar-refractivity contribution in [3.05, 3.63) is 40.8 Å². The van der Waals surface area contributed by atoms with Crippen molar-refractivity contribution in [2.45, 2.75) is 13.2 Å². The third-order valence-electron chi connectivity index (χ3n) is 2.96. The number of thiophene rings is 1. The largest absolute Gasteiger partial charge is 0.457 e. The number of ether oxygens (including phenoxy) is 1. The van der Waals surface area contributed by atoms with Crippen molar-refractivity contribution in [2.75, 3.05) is 0 Å². The lowest BCUT2D eigenvalue weighted by Crippen LogP contribution is -2.03. The molecule has 2 aromatic heterocycles. The van der Waals surface area contributed by atoms with Crippen LogP contribution >= 0.6 is 11.3 Å². The molecule has 0 aliphatic carbocycles. The number of nitrogens with zero attached hydrogens (tertiary/aromatic N) is 3. The van der Waals surface area contributed by atoms with Crippen LogP contribution in [-0.2, 0) is 20.2 Å². The molecule has 104 valence electrons. The fourth-order valence-corrected chi connectivity index (χ4v) is 3.16. The van der Waals surface area contributed by atoms with Gasteiger partial charge in [0.2, 0.25) is 0 Å². The first-order valence-electron chi connectivity index (χ1n) is 6.06. The van der Waals surface area contributed by atoms with Crippen LogP contribution in [0.4, 0.5) is 4.39 Å². The van der Waals surface area contributed by atoms with Gasteiger partial charge in [0.1, 0.15) is 18.8 Å². The first-order chi connectivity index (χ1) is 9.69. The van der Waals surface area contributed by atoms with E-state index in [-0.39, 0.29) is 18.4 Å². The Morgan fingerprint density at radius 2 is 2.30 bits per heavy atom. The number of aromatic nitrogens is 3. The number of nitrogens with two attached hydrogens (primary N) is 1. The minimum atomic E-state index is -0.258. The molecule has 0 fully saturated rings. The summed E-state index contributed by atoms with van der Waals surface area (Å²) in [4.78, 5) is 4.90. The van der Waals surface area contributed by atoms with E-state index in [1.807, 2.05) is 6.07 Å².